The second kappa shape index (κ2) is 7.04. The summed E-state index contributed by atoms with van der Waals surface area (Å²) in [6.07, 6.45) is 0. The minimum absolute atomic E-state index is 0.0303. The van der Waals surface area contributed by atoms with Crippen LogP contribution in [0.2, 0.25) is 0 Å². The summed E-state index contributed by atoms with van der Waals surface area (Å²) >= 11 is 0. The van der Waals surface area contributed by atoms with E-state index in [2.05, 4.69) is 19.2 Å². The zero-order valence-electron chi connectivity index (χ0n) is 10.3. The van der Waals surface area contributed by atoms with Gasteiger partial charge in [-0.25, -0.2) is 0 Å². The molecule has 0 saturated carbocycles. The molecule has 0 spiro atoms. The standard InChI is InChI=1S/C11H15NO.C2H6/c1-8(2)10-4-6-11(7-5-10)12-9(3)13;1-2/h4-8H,1-3H3,(H,12,13);1-2H3. The molecule has 0 radical (unpaired) electrons. The van der Waals surface area contributed by atoms with E-state index in [-0.39, 0.29) is 5.91 Å². The Kier molecular flexibility index (Phi) is 6.43. The van der Waals surface area contributed by atoms with Crippen molar-refractivity contribution in [1.29, 1.82) is 0 Å². The molecule has 1 rings (SSSR count). The minimum atomic E-state index is -0.0303. The maximum atomic E-state index is 10.7. The van der Waals surface area contributed by atoms with Gasteiger partial charge in [-0.15, -0.1) is 0 Å². The zero-order valence-corrected chi connectivity index (χ0v) is 10.3. The van der Waals surface area contributed by atoms with E-state index < -0.39 is 0 Å². The topological polar surface area (TPSA) is 29.1 Å². The van der Waals surface area contributed by atoms with Crippen LogP contribution >= 0.6 is 0 Å². The quantitative estimate of drug-likeness (QED) is 0.785. The van der Waals surface area contributed by atoms with Gasteiger partial charge in [0.25, 0.3) is 0 Å². The SMILES string of the molecule is CC.CC(=O)Nc1ccc(C(C)C)cc1. The second-order valence-electron chi connectivity index (χ2n) is 3.46. The highest BCUT2D eigenvalue weighted by molar-refractivity contribution is 5.88. The Hall–Kier alpha value is -1.31. The number of nitrogens with one attached hydrogen (secondary N) is 1. The Morgan fingerprint density at radius 2 is 1.60 bits per heavy atom. The van der Waals surface area contributed by atoms with Crippen LogP contribution in [-0.4, -0.2) is 5.91 Å². The molecule has 0 saturated heterocycles. The number of amides is 1. The number of benzene rings is 1. The van der Waals surface area contributed by atoms with Crippen molar-refractivity contribution in [1.82, 2.24) is 0 Å². The van der Waals surface area contributed by atoms with E-state index >= 15 is 0 Å². The lowest BCUT2D eigenvalue weighted by molar-refractivity contribution is -0.114. The van der Waals surface area contributed by atoms with Crippen molar-refractivity contribution in [3.8, 4) is 0 Å². The Morgan fingerprint density at radius 1 is 1.13 bits per heavy atom. The first kappa shape index (κ1) is 13.7. The van der Waals surface area contributed by atoms with Crippen molar-refractivity contribution < 1.29 is 4.79 Å². The highest BCUT2D eigenvalue weighted by atomic mass is 16.1. The summed E-state index contributed by atoms with van der Waals surface area (Å²) in [5.41, 5.74) is 2.14. The average Bonchev–Trinajstić information content (AvgIpc) is 2.20. The highest BCUT2D eigenvalue weighted by Gasteiger charge is 1.99. The fourth-order valence-electron chi connectivity index (χ4n) is 1.15. The molecule has 0 aromatic heterocycles. The maximum Gasteiger partial charge on any atom is 0.221 e. The molecule has 1 amide bonds. The molecule has 84 valence electrons. The van der Waals surface area contributed by atoms with Crippen molar-refractivity contribution in [2.45, 2.75) is 40.5 Å². The van der Waals surface area contributed by atoms with Gasteiger partial charge >= 0.3 is 0 Å². The summed E-state index contributed by atoms with van der Waals surface area (Å²) in [4.78, 5) is 10.7. The minimum Gasteiger partial charge on any atom is -0.326 e. The molecule has 0 aliphatic heterocycles. The predicted molar refractivity (Wildman–Crippen MR) is 66.2 cm³/mol. The molecular formula is C13H21NO. The Morgan fingerprint density at radius 3 is 1.93 bits per heavy atom. The van der Waals surface area contributed by atoms with Crippen molar-refractivity contribution in [3.63, 3.8) is 0 Å². The van der Waals surface area contributed by atoms with Crippen LogP contribution in [0, 0.1) is 0 Å². The molecule has 0 aliphatic carbocycles. The van der Waals surface area contributed by atoms with Gasteiger partial charge in [0.15, 0.2) is 0 Å². The molecule has 0 bridgehead atoms. The van der Waals surface area contributed by atoms with E-state index in [4.69, 9.17) is 0 Å². The first-order valence-electron chi connectivity index (χ1n) is 5.47. The lowest BCUT2D eigenvalue weighted by Crippen LogP contribution is -2.05. The van der Waals surface area contributed by atoms with Crippen LogP contribution in [0.5, 0.6) is 0 Å². The average molecular weight is 207 g/mol. The first-order valence-corrected chi connectivity index (χ1v) is 5.47. The van der Waals surface area contributed by atoms with Gasteiger partial charge in [0.1, 0.15) is 0 Å². The molecule has 0 unspecified atom stereocenters. The van der Waals surface area contributed by atoms with E-state index in [0.717, 1.165) is 5.69 Å². The number of rotatable bonds is 2. The number of hydrogen-bond donors (Lipinski definition) is 1. The Balaban J connectivity index is 0.000000921. The van der Waals surface area contributed by atoms with Crippen molar-refractivity contribution in [2.75, 3.05) is 5.32 Å². The van der Waals surface area contributed by atoms with Gasteiger partial charge in [-0.05, 0) is 23.6 Å². The van der Waals surface area contributed by atoms with Crippen molar-refractivity contribution in [3.05, 3.63) is 29.8 Å². The van der Waals surface area contributed by atoms with Crippen molar-refractivity contribution in [2.24, 2.45) is 0 Å². The van der Waals surface area contributed by atoms with Crippen LogP contribution < -0.4 is 5.32 Å². The van der Waals surface area contributed by atoms with E-state index in [1.165, 1.54) is 12.5 Å². The van der Waals surface area contributed by atoms with E-state index in [9.17, 15) is 4.79 Å². The van der Waals surface area contributed by atoms with E-state index in [1.54, 1.807) is 0 Å². The Labute approximate surface area is 92.7 Å². The molecular weight excluding hydrogens is 186 g/mol. The molecule has 1 N–H and O–H groups in total. The smallest absolute Gasteiger partial charge is 0.221 e. The summed E-state index contributed by atoms with van der Waals surface area (Å²) in [5.74, 6) is 0.503. The first-order chi connectivity index (χ1) is 7.09. The third-order valence-corrected chi connectivity index (χ3v) is 1.90. The number of anilines is 1. The molecule has 1 aromatic carbocycles. The van der Waals surface area contributed by atoms with Crippen LogP contribution in [0.25, 0.3) is 0 Å². The van der Waals surface area contributed by atoms with Gasteiger partial charge in [0.2, 0.25) is 5.91 Å². The fraction of sp³-hybridized carbons (Fsp3) is 0.462. The maximum absolute atomic E-state index is 10.7. The summed E-state index contributed by atoms with van der Waals surface area (Å²) in [5, 5.41) is 2.73. The van der Waals surface area contributed by atoms with Crippen LogP contribution in [0.15, 0.2) is 24.3 Å². The Bertz CT molecular complexity index is 288. The van der Waals surface area contributed by atoms with Crippen LogP contribution in [-0.2, 0) is 4.79 Å². The zero-order chi connectivity index (χ0) is 11.8. The van der Waals surface area contributed by atoms with Gasteiger partial charge in [0, 0.05) is 12.6 Å². The normalized spacial score (nSPS) is 9.20. The summed E-state index contributed by atoms with van der Waals surface area (Å²) < 4.78 is 0. The predicted octanol–water partition coefficient (Wildman–Crippen LogP) is 3.79. The second-order valence-corrected chi connectivity index (χ2v) is 3.46. The van der Waals surface area contributed by atoms with E-state index in [1.807, 2.05) is 38.1 Å². The van der Waals surface area contributed by atoms with Crippen LogP contribution in [0.3, 0.4) is 0 Å². The van der Waals surface area contributed by atoms with Gasteiger partial charge in [-0.3, -0.25) is 4.79 Å². The van der Waals surface area contributed by atoms with Crippen LogP contribution in [0.4, 0.5) is 5.69 Å². The van der Waals surface area contributed by atoms with Gasteiger partial charge in [0.05, 0.1) is 0 Å². The van der Waals surface area contributed by atoms with Gasteiger partial charge in [-0.1, -0.05) is 39.8 Å². The summed E-state index contributed by atoms with van der Waals surface area (Å²) in [7, 11) is 0. The summed E-state index contributed by atoms with van der Waals surface area (Å²) in [6.45, 7) is 9.80. The molecule has 0 aliphatic rings. The highest BCUT2D eigenvalue weighted by Crippen LogP contribution is 2.16. The molecule has 0 heterocycles. The molecule has 0 fully saturated rings. The monoisotopic (exact) mass is 207 g/mol. The number of carbonyl (C=O) groups is 1. The number of carbonyl (C=O) groups excluding carboxylic acids is 1. The third-order valence-electron chi connectivity index (χ3n) is 1.90. The molecule has 2 heteroatoms. The van der Waals surface area contributed by atoms with Crippen molar-refractivity contribution >= 4 is 11.6 Å². The van der Waals surface area contributed by atoms with Crippen LogP contribution in [0.1, 0.15) is 46.1 Å². The third kappa shape index (κ3) is 5.21. The largest absolute Gasteiger partial charge is 0.326 e. The summed E-state index contributed by atoms with van der Waals surface area (Å²) in [6, 6.07) is 7.93. The number of hydrogen-bond acceptors (Lipinski definition) is 1. The lowest BCUT2D eigenvalue weighted by atomic mass is 10.0. The molecule has 15 heavy (non-hydrogen) atoms. The fourth-order valence-corrected chi connectivity index (χ4v) is 1.15. The molecule has 1 aromatic rings. The lowest BCUT2D eigenvalue weighted by Gasteiger charge is -2.06. The van der Waals surface area contributed by atoms with Gasteiger partial charge in [-0.2, -0.15) is 0 Å². The molecule has 2 nitrogen and oxygen atoms in total. The van der Waals surface area contributed by atoms with Gasteiger partial charge < -0.3 is 5.32 Å². The molecule has 0 atom stereocenters. The van der Waals surface area contributed by atoms with E-state index in [0.29, 0.717) is 5.92 Å².